The Bertz CT molecular complexity index is 322. The van der Waals surface area contributed by atoms with E-state index in [2.05, 4.69) is 19.3 Å². The van der Waals surface area contributed by atoms with Gasteiger partial charge in [-0.1, -0.05) is 20.3 Å². The molecule has 0 aromatic carbocycles. The Morgan fingerprint density at radius 1 is 0.952 bits per heavy atom. The van der Waals surface area contributed by atoms with Crippen molar-refractivity contribution in [2.75, 3.05) is 0 Å². The van der Waals surface area contributed by atoms with Crippen LogP contribution in [0.1, 0.15) is 58.8 Å². The van der Waals surface area contributed by atoms with E-state index in [9.17, 15) is 13.2 Å². The zero-order chi connectivity index (χ0) is 15.6. The van der Waals surface area contributed by atoms with E-state index >= 15 is 0 Å². The van der Waals surface area contributed by atoms with E-state index in [1.54, 1.807) is 0 Å². The van der Waals surface area contributed by atoms with Gasteiger partial charge in [0.05, 0.1) is 5.92 Å². The SMILES string of the molecule is CC1CC(C)CC(C(NN)C2CCCC(C(F)(F)F)C2)C1. The zero-order valence-corrected chi connectivity index (χ0v) is 13.1. The van der Waals surface area contributed by atoms with Crippen LogP contribution in [0.15, 0.2) is 0 Å². The molecule has 2 rings (SSSR count). The smallest absolute Gasteiger partial charge is 0.271 e. The minimum absolute atomic E-state index is 0.0420. The highest BCUT2D eigenvalue weighted by Gasteiger charge is 2.45. The van der Waals surface area contributed by atoms with Crippen molar-refractivity contribution in [3.8, 4) is 0 Å². The molecule has 0 radical (unpaired) electrons. The molecule has 0 aromatic heterocycles. The number of rotatable bonds is 3. The van der Waals surface area contributed by atoms with E-state index in [1.807, 2.05) is 0 Å². The van der Waals surface area contributed by atoms with Crippen LogP contribution in [0.5, 0.6) is 0 Å². The van der Waals surface area contributed by atoms with Crippen molar-refractivity contribution in [2.24, 2.45) is 35.4 Å². The minimum Gasteiger partial charge on any atom is -0.271 e. The highest BCUT2D eigenvalue weighted by molar-refractivity contribution is 4.90. The van der Waals surface area contributed by atoms with E-state index in [1.165, 1.54) is 6.42 Å². The van der Waals surface area contributed by atoms with Gasteiger partial charge in [-0.3, -0.25) is 11.3 Å². The lowest BCUT2D eigenvalue weighted by Crippen LogP contribution is -2.50. The van der Waals surface area contributed by atoms with E-state index < -0.39 is 12.1 Å². The lowest BCUT2D eigenvalue weighted by Gasteiger charge is -2.42. The molecule has 2 saturated carbocycles. The van der Waals surface area contributed by atoms with Crippen LogP contribution in [0.2, 0.25) is 0 Å². The van der Waals surface area contributed by atoms with Gasteiger partial charge in [-0.15, -0.1) is 0 Å². The predicted octanol–water partition coefficient (Wildman–Crippen LogP) is 4.26. The van der Waals surface area contributed by atoms with Crippen LogP contribution >= 0.6 is 0 Å². The van der Waals surface area contributed by atoms with Gasteiger partial charge in [0.15, 0.2) is 0 Å². The maximum Gasteiger partial charge on any atom is 0.391 e. The first-order chi connectivity index (χ1) is 9.81. The Hall–Kier alpha value is -0.290. The Morgan fingerprint density at radius 3 is 2.10 bits per heavy atom. The van der Waals surface area contributed by atoms with Crippen molar-refractivity contribution >= 4 is 0 Å². The quantitative estimate of drug-likeness (QED) is 0.604. The summed E-state index contributed by atoms with van der Waals surface area (Å²) in [7, 11) is 0. The van der Waals surface area contributed by atoms with Crippen molar-refractivity contribution in [1.29, 1.82) is 0 Å². The topological polar surface area (TPSA) is 38.0 Å². The van der Waals surface area contributed by atoms with Gasteiger partial charge in [0.1, 0.15) is 0 Å². The van der Waals surface area contributed by atoms with Crippen LogP contribution < -0.4 is 11.3 Å². The molecule has 3 N–H and O–H groups in total. The molecule has 0 heterocycles. The lowest BCUT2D eigenvalue weighted by molar-refractivity contribution is -0.187. The first-order valence-electron chi connectivity index (χ1n) is 8.34. The molecule has 5 heteroatoms. The molecular formula is C16H29F3N2. The van der Waals surface area contributed by atoms with Crippen LogP contribution in [0.4, 0.5) is 13.2 Å². The van der Waals surface area contributed by atoms with Crippen LogP contribution in [0.3, 0.4) is 0 Å². The molecule has 2 aliphatic carbocycles. The van der Waals surface area contributed by atoms with Crippen LogP contribution in [-0.2, 0) is 0 Å². The molecule has 0 aromatic rings. The van der Waals surface area contributed by atoms with Gasteiger partial charge in [-0.2, -0.15) is 13.2 Å². The van der Waals surface area contributed by atoms with Crippen molar-refractivity contribution in [1.82, 2.24) is 5.43 Å². The molecule has 124 valence electrons. The average molecular weight is 306 g/mol. The molecule has 2 nitrogen and oxygen atoms in total. The third kappa shape index (κ3) is 4.35. The van der Waals surface area contributed by atoms with Gasteiger partial charge in [-0.25, -0.2) is 0 Å². The summed E-state index contributed by atoms with van der Waals surface area (Å²) in [4.78, 5) is 0. The summed E-state index contributed by atoms with van der Waals surface area (Å²) in [6.07, 6.45) is 1.44. The van der Waals surface area contributed by atoms with Crippen LogP contribution in [0.25, 0.3) is 0 Å². The molecule has 5 atom stereocenters. The molecular weight excluding hydrogens is 277 g/mol. The van der Waals surface area contributed by atoms with Gasteiger partial charge in [0.25, 0.3) is 0 Å². The van der Waals surface area contributed by atoms with Gasteiger partial charge in [0, 0.05) is 6.04 Å². The highest BCUT2D eigenvalue weighted by Crippen LogP contribution is 2.44. The molecule has 5 unspecified atom stereocenters. The number of halogens is 3. The summed E-state index contributed by atoms with van der Waals surface area (Å²) in [6, 6.07) is 0.0420. The van der Waals surface area contributed by atoms with Gasteiger partial charge < -0.3 is 0 Å². The summed E-state index contributed by atoms with van der Waals surface area (Å²) in [5.74, 6) is 6.40. The fraction of sp³-hybridized carbons (Fsp3) is 1.00. The highest BCUT2D eigenvalue weighted by atomic mass is 19.4. The monoisotopic (exact) mass is 306 g/mol. The largest absolute Gasteiger partial charge is 0.391 e. The second-order valence-electron chi connectivity index (χ2n) is 7.54. The number of alkyl halides is 3. The third-order valence-corrected chi connectivity index (χ3v) is 5.60. The van der Waals surface area contributed by atoms with Crippen molar-refractivity contribution in [2.45, 2.75) is 71.0 Å². The summed E-state index contributed by atoms with van der Waals surface area (Å²) in [6.45, 7) is 4.49. The summed E-state index contributed by atoms with van der Waals surface area (Å²) < 4.78 is 39.0. The van der Waals surface area contributed by atoms with Gasteiger partial charge >= 0.3 is 6.18 Å². The molecule has 0 amide bonds. The summed E-state index contributed by atoms with van der Waals surface area (Å²) in [5, 5.41) is 0. The number of hydrogen-bond donors (Lipinski definition) is 2. The zero-order valence-electron chi connectivity index (χ0n) is 13.1. The number of nitrogens with two attached hydrogens (primary N) is 1. The second-order valence-corrected chi connectivity index (χ2v) is 7.54. The van der Waals surface area contributed by atoms with Crippen LogP contribution in [0, 0.1) is 29.6 Å². The number of nitrogens with one attached hydrogen (secondary N) is 1. The van der Waals surface area contributed by atoms with Crippen molar-refractivity contribution in [3.05, 3.63) is 0 Å². The maximum absolute atomic E-state index is 13.0. The Kier molecular flexibility index (Phi) is 5.58. The minimum atomic E-state index is -4.05. The fourth-order valence-corrected chi connectivity index (χ4v) is 4.81. The average Bonchev–Trinajstić information content (AvgIpc) is 2.38. The van der Waals surface area contributed by atoms with Gasteiger partial charge in [0.2, 0.25) is 0 Å². The fourth-order valence-electron chi connectivity index (χ4n) is 4.81. The molecule has 0 saturated heterocycles. The molecule has 2 fully saturated rings. The first-order valence-corrected chi connectivity index (χ1v) is 8.34. The molecule has 0 bridgehead atoms. The third-order valence-electron chi connectivity index (χ3n) is 5.60. The maximum atomic E-state index is 13.0. The first kappa shape index (κ1) is 17.1. The molecule has 21 heavy (non-hydrogen) atoms. The predicted molar refractivity (Wildman–Crippen MR) is 78.3 cm³/mol. The van der Waals surface area contributed by atoms with Crippen molar-refractivity contribution < 1.29 is 13.2 Å². The Morgan fingerprint density at radius 2 is 1.57 bits per heavy atom. The second kappa shape index (κ2) is 6.86. The van der Waals surface area contributed by atoms with E-state index in [4.69, 9.17) is 5.84 Å². The van der Waals surface area contributed by atoms with E-state index in [-0.39, 0.29) is 24.8 Å². The van der Waals surface area contributed by atoms with Crippen LogP contribution in [-0.4, -0.2) is 12.2 Å². The molecule has 0 aliphatic heterocycles. The lowest BCUT2D eigenvalue weighted by atomic mass is 9.67. The normalized spacial score (nSPS) is 40.0. The summed E-state index contributed by atoms with van der Waals surface area (Å²) >= 11 is 0. The number of hydrazine groups is 1. The Balaban J connectivity index is 2.03. The van der Waals surface area contributed by atoms with Crippen molar-refractivity contribution in [3.63, 3.8) is 0 Å². The van der Waals surface area contributed by atoms with Gasteiger partial charge in [-0.05, 0) is 62.2 Å². The molecule has 0 spiro atoms. The Labute approximate surface area is 126 Å². The van der Waals surface area contributed by atoms with E-state index in [0.29, 0.717) is 24.2 Å². The summed E-state index contributed by atoms with van der Waals surface area (Å²) in [5.41, 5.74) is 2.89. The van der Waals surface area contributed by atoms with E-state index in [0.717, 1.165) is 19.3 Å². The molecule has 2 aliphatic rings. The number of hydrogen-bond acceptors (Lipinski definition) is 2. The standard InChI is InChI=1S/C16H29F3N2/c1-10-6-11(2)8-13(7-10)15(21-20)12-4-3-5-14(9-12)16(17,18)19/h10-15,21H,3-9,20H2,1-2H3.